The molecule has 2 aliphatic carbocycles. The summed E-state index contributed by atoms with van der Waals surface area (Å²) < 4.78 is 19.6. The Labute approximate surface area is 116 Å². The second kappa shape index (κ2) is 7.23. The molecule has 108 valence electrons. The zero-order valence-corrected chi connectivity index (χ0v) is 12.3. The summed E-state index contributed by atoms with van der Waals surface area (Å²) in [6.07, 6.45) is 12.3. The number of unbranched alkanes of at least 4 members (excludes halogenated alkanes) is 1. The van der Waals surface area contributed by atoms with E-state index in [-0.39, 0.29) is 5.92 Å². The second-order valence-corrected chi connectivity index (χ2v) is 5.98. The minimum atomic E-state index is -0.793. The molecule has 2 atom stereocenters. The van der Waals surface area contributed by atoms with Crippen LogP contribution >= 0.6 is 0 Å². The Morgan fingerprint density at radius 2 is 2.00 bits per heavy atom. The highest BCUT2D eigenvalue weighted by atomic mass is 19.1. The van der Waals surface area contributed by atoms with Crippen molar-refractivity contribution < 1.29 is 9.13 Å². The number of alkyl halides is 1. The zero-order chi connectivity index (χ0) is 13.7. The van der Waals surface area contributed by atoms with Gasteiger partial charge in [0.1, 0.15) is 6.17 Å². The molecule has 2 aliphatic rings. The van der Waals surface area contributed by atoms with Gasteiger partial charge in [0.25, 0.3) is 0 Å². The summed E-state index contributed by atoms with van der Waals surface area (Å²) in [5.74, 6) is 0.636. The van der Waals surface area contributed by atoms with E-state index < -0.39 is 6.17 Å². The molecule has 0 aromatic rings. The van der Waals surface area contributed by atoms with Crippen molar-refractivity contribution in [3.63, 3.8) is 0 Å². The van der Waals surface area contributed by atoms with Gasteiger partial charge in [-0.3, -0.25) is 0 Å². The third-order valence-corrected chi connectivity index (χ3v) is 4.58. The molecule has 0 saturated heterocycles. The van der Waals surface area contributed by atoms with E-state index in [0.29, 0.717) is 12.0 Å². The van der Waals surface area contributed by atoms with Gasteiger partial charge in [-0.25, -0.2) is 4.39 Å². The predicted octanol–water partition coefficient (Wildman–Crippen LogP) is 4.83. The van der Waals surface area contributed by atoms with Crippen LogP contribution in [0.3, 0.4) is 0 Å². The summed E-state index contributed by atoms with van der Waals surface area (Å²) in [5.41, 5.74) is 1.32. The minimum absolute atomic E-state index is 0.0626. The highest BCUT2D eigenvalue weighted by Crippen LogP contribution is 2.37. The van der Waals surface area contributed by atoms with Crippen LogP contribution in [0.5, 0.6) is 0 Å². The van der Waals surface area contributed by atoms with Gasteiger partial charge in [-0.1, -0.05) is 44.1 Å². The lowest BCUT2D eigenvalue weighted by Gasteiger charge is -2.34. The lowest BCUT2D eigenvalue weighted by atomic mass is 9.75. The molecule has 0 bridgehead atoms. The molecular formula is C17H27FO. The van der Waals surface area contributed by atoms with E-state index in [1.165, 1.54) is 12.0 Å². The SMILES string of the molecule is CCCCOC1CCC(C2=CC=CC(F)C2C)CC1. The maximum absolute atomic E-state index is 13.7. The van der Waals surface area contributed by atoms with E-state index in [9.17, 15) is 4.39 Å². The molecule has 2 rings (SSSR count). The van der Waals surface area contributed by atoms with Crippen molar-refractivity contribution in [2.75, 3.05) is 6.61 Å². The molecule has 19 heavy (non-hydrogen) atoms. The van der Waals surface area contributed by atoms with Crippen molar-refractivity contribution in [2.45, 2.75) is 64.6 Å². The van der Waals surface area contributed by atoms with Gasteiger partial charge in [0.2, 0.25) is 0 Å². The highest BCUT2D eigenvalue weighted by molar-refractivity contribution is 5.26. The number of rotatable bonds is 5. The average Bonchev–Trinajstić information content (AvgIpc) is 2.43. The average molecular weight is 266 g/mol. The second-order valence-electron chi connectivity index (χ2n) is 5.98. The molecule has 1 fully saturated rings. The maximum Gasteiger partial charge on any atom is 0.125 e. The third kappa shape index (κ3) is 3.92. The van der Waals surface area contributed by atoms with Gasteiger partial charge < -0.3 is 4.74 Å². The molecule has 0 heterocycles. The van der Waals surface area contributed by atoms with Crippen molar-refractivity contribution in [3.05, 3.63) is 23.8 Å². The first-order valence-electron chi connectivity index (χ1n) is 7.86. The van der Waals surface area contributed by atoms with Crippen LogP contribution in [0.2, 0.25) is 0 Å². The molecule has 0 aliphatic heterocycles. The highest BCUT2D eigenvalue weighted by Gasteiger charge is 2.30. The fourth-order valence-electron chi connectivity index (χ4n) is 3.24. The molecule has 0 amide bonds. The molecule has 0 N–H and O–H groups in total. The van der Waals surface area contributed by atoms with Crippen molar-refractivity contribution in [1.29, 1.82) is 0 Å². The van der Waals surface area contributed by atoms with Gasteiger partial charge in [-0.2, -0.15) is 0 Å². The van der Waals surface area contributed by atoms with E-state index in [4.69, 9.17) is 4.74 Å². The molecule has 2 unspecified atom stereocenters. The van der Waals surface area contributed by atoms with Crippen molar-refractivity contribution >= 4 is 0 Å². The van der Waals surface area contributed by atoms with Crippen LogP contribution in [-0.2, 0) is 4.74 Å². The fraction of sp³-hybridized carbons (Fsp3) is 0.765. The van der Waals surface area contributed by atoms with E-state index in [0.717, 1.165) is 38.7 Å². The standard InChI is InChI=1S/C17H27FO/c1-3-4-12-19-15-10-8-14(9-11-15)16-6-5-7-17(18)13(16)2/h5-7,13-15,17H,3-4,8-12H2,1-2H3. The quantitative estimate of drug-likeness (QED) is 0.647. The summed E-state index contributed by atoms with van der Waals surface area (Å²) in [4.78, 5) is 0. The smallest absolute Gasteiger partial charge is 0.125 e. The maximum atomic E-state index is 13.7. The third-order valence-electron chi connectivity index (χ3n) is 4.58. The Morgan fingerprint density at radius 1 is 1.26 bits per heavy atom. The van der Waals surface area contributed by atoms with Crippen LogP contribution in [0.1, 0.15) is 52.4 Å². The van der Waals surface area contributed by atoms with E-state index >= 15 is 0 Å². The number of halogens is 1. The largest absolute Gasteiger partial charge is 0.378 e. The molecular weight excluding hydrogens is 239 g/mol. The summed E-state index contributed by atoms with van der Waals surface area (Å²) in [5, 5.41) is 0. The molecule has 0 radical (unpaired) electrons. The number of allylic oxidation sites excluding steroid dienone is 4. The van der Waals surface area contributed by atoms with E-state index in [1.54, 1.807) is 6.08 Å². The van der Waals surface area contributed by atoms with Crippen molar-refractivity contribution in [3.8, 4) is 0 Å². The summed E-state index contributed by atoms with van der Waals surface area (Å²) in [6, 6.07) is 0. The Balaban J connectivity index is 1.80. The molecule has 1 saturated carbocycles. The van der Waals surface area contributed by atoms with Gasteiger partial charge >= 0.3 is 0 Å². The van der Waals surface area contributed by atoms with Crippen LogP contribution < -0.4 is 0 Å². The molecule has 0 aromatic carbocycles. The van der Waals surface area contributed by atoms with Crippen LogP contribution in [-0.4, -0.2) is 18.9 Å². The number of ether oxygens (including phenoxy) is 1. The van der Waals surface area contributed by atoms with Crippen LogP contribution in [0.4, 0.5) is 4.39 Å². The van der Waals surface area contributed by atoms with E-state index in [2.05, 4.69) is 13.0 Å². The predicted molar refractivity (Wildman–Crippen MR) is 77.9 cm³/mol. The zero-order valence-electron chi connectivity index (χ0n) is 12.3. The number of hydrogen-bond acceptors (Lipinski definition) is 1. The van der Waals surface area contributed by atoms with Crippen molar-refractivity contribution in [1.82, 2.24) is 0 Å². The van der Waals surface area contributed by atoms with Gasteiger partial charge in [0, 0.05) is 12.5 Å². The molecule has 0 spiro atoms. The Kier molecular flexibility index (Phi) is 5.62. The number of hydrogen-bond donors (Lipinski definition) is 0. The minimum Gasteiger partial charge on any atom is -0.378 e. The Bertz CT molecular complexity index is 326. The van der Waals surface area contributed by atoms with Gasteiger partial charge in [0.05, 0.1) is 6.10 Å². The van der Waals surface area contributed by atoms with E-state index in [1.807, 2.05) is 13.0 Å². The monoisotopic (exact) mass is 266 g/mol. The van der Waals surface area contributed by atoms with Crippen molar-refractivity contribution in [2.24, 2.45) is 11.8 Å². The Morgan fingerprint density at radius 3 is 2.68 bits per heavy atom. The topological polar surface area (TPSA) is 9.23 Å². The molecule has 0 aromatic heterocycles. The Hall–Kier alpha value is -0.630. The summed E-state index contributed by atoms with van der Waals surface area (Å²) >= 11 is 0. The normalized spacial score (nSPS) is 35.2. The lowest BCUT2D eigenvalue weighted by Crippen LogP contribution is -2.27. The first-order chi connectivity index (χ1) is 9.22. The molecule has 2 heteroatoms. The summed E-state index contributed by atoms with van der Waals surface area (Å²) in [6.45, 7) is 5.11. The van der Waals surface area contributed by atoms with Crippen LogP contribution in [0.15, 0.2) is 23.8 Å². The molecule has 1 nitrogen and oxygen atoms in total. The van der Waals surface area contributed by atoms with Gasteiger partial charge in [0.15, 0.2) is 0 Å². The van der Waals surface area contributed by atoms with Crippen LogP contribution in [0, 0.1) is 11.8 Å². The fourth-order valence-corrected chi connectivity index (χ4v) is 3.24. The first-order valence-corrected chi connectivity index (χ1v) is 7.86. The van der Waals surface area contributed by atoms with Gasteiger partial charge in [-0.15, -0.1) is 0 Å². The first kappa shape index (κ1) is 14.8. The van der Waals surface area contributed by atoms with Crippen LogP contribution in [0.25, 0.3) is 0 Å². The lowest BCUT2D eigenvalue weighted by molar-refractivity contribution is 0.0189. The van der Waals surface area contributed by atoms with Gasteiger partial charge in [-0.05, 0) is 38.0 Å². The summed E-state index contributed by atoms with van der Waals surface area (Å²) in [7, 11) is 0.